The summed E-state index contributed by atoms with van der Waals surface area (Å²) in [5.74, 6) is 0.878. The number of aromatic nitrogens is 1. The lowest BCUT2D eigenvalue weighted by Crippen LogP contribution is -2.51. The summed E-state index contributed by atoms with van der Waals surface area (Å²) in [7, 11) is 0. The van der Waals surface area contributed by atoms with Crippen molar-refractivity contribution in [2.75, 3.05) is 38.0 Å². The SMILES string of the molecule is C=CC1(F)CCN(Cc2cc(NC3CCN(C4CC(CN)C4)CC3)nc(C(F)(F)F)c2)C1. The Morgan fingerprint density at radius 2 is 1.94 bits per heavy atom. The quantitative estimate of drug-likeness (QED) is 0.484. The number of hydrogen-bond acceptors (Lipinski definition) is 5. The number of anilines is 1. The average Bonchev–Trinajstić information content (AvgIpc) is 3.09. The van der Waals surface area contributed by atoms with Gasteiger partial charge in [0.15, 0.2) is 0 Å². The van der Waals surface area contributed by atoms with E-state index < -0.39 is 17.5 Å². The molecule has 0 amide bonds. The summed E-state index contributed by atoms with van der Waals surface area (Å²) in [5, 5.41) is 3.23. The number of likely N-dealkylation sites (tertiary alicyclic amines) is 2. The van der Waals surface area contributed by atoms with E-state index in [1.54, 1.807) is 6.07 Å². The molecule has 2 aliphatic heterocycles. The molecule has 4 rings (SSSR count). The van der Waals surface area contributed by atoms with Gasteiger partial charge < -0.3 is 16.0 Å². The lowest BCUT2D eigenvalue weighted by Gasteiger charge is -2.45. The summed E-state index contributed by atoms with van der Waals surface area (Å²) in [6.45, 7) is 7.02. The molecule has 0 aromatic carbocycles. The van der Waals surface area contributed by atoms with Crippen LogP contribution in [0, 0.1) is 5.92 Å². The summed E-state index contributed by atoms with van der Waals surface area (Å²) in [4.78, 5) is 8.15. The third-order valence-electron chi connectivity index (χ3n) is 7.22. The van der Waals surface area contributed by atoms with Gasteiger partial charge in [-0.1, -0.05) is 12.7 Å². The molecule has 1 saturated carbocycles. The molecular formula is C23H33F4N5. The topological polar surface area (TPSA) is 57.4 Å². The first kappa shape index (κ1) is 23.4. The normalized spacial score (nSPS) is 30.3. The molecule has 1 unspecified atom stereocenters. The van der Waals surface area contributed by atoms with E-state index in [1.165, 1.54) is 6.08 Å². The second-order valence-electron chi connectivity index (χ2n) is 9.62. The van der Waals surface area contributed by atoms with Gasteiger partial charge in [-0.25, -0.2) is 9.37 Å². The first-order valence-electron chi connectivity index (χ1n) is 11.5. The van der Waals surface area contributed by atoms with Crippen molar-refractivity contribution in [3.63, 3.8) is 0 Å². The second-order valence-corrected chi connectivity index (χ2v) is 9.62. The van der Waals surface area contributed by atoms with Crippen molar-refractivity contribution in [3.05, 3.63) is 36.0 Å². The standard InChI is InChI=1S/C23H33F4N5/c1-2-22(24)5-8-31(15-22)14-17-11-20(23(25,26)27)30-21(12-17)29-18-3-6-32(7-4-18)19-9-16(10-19)13-28/h2,11-12,16,18-19H,1,3-10,13-15,28H2,(H,29,30). The summed E-state index contributed by atoms with van der Waals surface area (Å²) in [6.07, 6.45) is 1.10. The second kappa shape index (κ2) is 9.27. The first-order chi connectivity index (χ1) is 15.2. The summed E-state index contributed by atoms with van der Waals surface area (Å²) in [6, 6.07) is 3.43. The molecule has 5 nitrogen and oxygen atoms in total. The van der Waals surface area contributed by atoms with E-state index in [0.29, 0.717) is 30.5 Å². The van der Waals surface area contributed by atoms with E-state index in [4.69, 9.17) is 5.73 Å². The zero-order valence-corrected chi connectivity index (χ0v) is 18.4. The maximum Gasteiger partial charge on any atom is 0.433 e. The molecule has 3 N–H and O–H groups in total. The van der Waals surface area contributed by atoms with Crippen LogP contribution in [-0.4, -0.2) is 65.3 Å². The van der Waals surface area contributed by atoms with Crippen LogP contribution >= 0.6 is 0 Å². The van der Waals surface area contributed by atoms with Crippen LogP contribution in [0.3, 0.4) is 0 Å². The Balaban J connectivity index is 1.39. The van der Waals surface area contributed by atoms with Crippen molar-refractivity contribution >= 4 is 5.82 Å². The minimum absolute atomic E-state index is 0.0894. The third kappa shape index (κ3) is 5.43. The van der Waals surface area contributed by atoms with Crippen molar-refractivity contribution in [2.24, 2.45) is 11.7 Å². The Bertz CT molecular complexity index is 802. The molecule has 9 heteroatoms. The number of nitrogens with zero attached hydrogens (tertiary/aromatic N) is 3. The molecule has 178 valence electrons. The Hall–Kier alpha value is -1.71. The zero-order chi connectivity index (χ0) is 22.9. The molecule has 32 heavy (non-hydrogen) atoms. The summed E-state index contributed by atoms with van der Waals surface area (Å²) >= 11 is 0. The highest BCUT2D eigenvalue weighted by molar-refractivity contribution is 5.41. The molecule has 0 spiro atoms. The van der Waals surface area contributed by atoms with Crippen LogP contribution in [0.2, 0.25) is 0 Å². The van der Waals surface area contributed by atoms with E-state index in [0.717, 1.165) is 51.4 Å². The number of halogens is 4. The van der Waals surface area contributed by atoms with E-state index >= 15 is 0 Å². The van der Waals surface area contributed by atoms with Crippen molar-refractivity contribution in [2.45, 2.75) is 62.6 Å². The van der Waals surface area contributed by atoms with Crippen molar-refractivity contribution in [1.82, 2.24) is 14.8 Å². The maximum absolute atomic E-state index is 14.4. The molecule has 1 aliphatic carbocycles. The average molecular weight is 456 g/mol. The predicted octanol–water partition coefficient (Wildman–Crippen LogP) is 3.81. The van der Waals surface area contributed by atoms with Crippen LogP contribution in [0.5, 0.6) is 0 Å². The molecule has 3 aliphatic rings. The van der Waals surface area contributed by atoms with E-state index in [2.05, 4.69) is 21.8 Å². The fourth-order valence-electron chi connectivity index (χ4n) is 5.14. The summed E-state index contributed by atoms with van der Waals surface area (Å²) < 4.78 is 54.9. The minimum Gasteiger partial charge on any atom is -0.367 e. The molecule has 1 aromatic heterocycles. The number of nitrogens with two attached hydrogens (primary N) is 1. The number of alkyl halides is 4. The van der Waals surface area contributed by atoms with Gasteiger partial charge in [0.1, 0.15) is 17.2 Å². The minimum atomic E-state index is -4.53. The number of rotatable bonds is 7. The molecule has 0 bridgehead atoms. The number of pyridine rings is 1. The van der Waals surface area contributed by atoms with Crippen molar-refractivity contribution < 1.29 is 17.6 Å². The van der Waals surface area contributed by atoms with Gasteiger partial charge in [-0.2, -0.15) is 13.2 Å². The van der Waals surface area contributed by atoms with Gasteiger partial charge in [0.25, 0.3) is 0 Å². The van der Waals surface area contributed by atoms with Crippen molar-refractivity contribution in [1.29, 1.82) is 0 Å². The number of piperidine rings is 1. The maximum atomic E-state index is 14.4. The highest BCUT2D eigenvalue weighted by Gasteiger charge is 2.37. The molecular weight excluding hydrogens is 422 g/mol. The molecule has 1 atom stereocenters. The fraction of sp³-hybridized carbons (Fsp3) is 0.696. The van der Waals surface area contributed by atoms with Crippen molar-refractivity contribution in [3.8, 4) is 0 Å². The van der Waals surface area contributed by atoms with E-state index in [-0.39, 0.29) is 24.9 Å². The molecule has 3 heterocycles. The largest absolute Gasteiger partial charge is 0.433 e. The highest BCUT2D eigenvalue weighted by atomic mass is 19.4. The monoisotopic (exact) mass is 455 g/mol. The zero-order valence-electron chi connectivity index (χ0n) is 18.4. The van der Waals surface area contributed by atoms with Crippen LogP contribution in [0.1, 0.15) is 43.4 Å². The lowest BCUT2D eigenvalue weighted by molar-refractivity contribution is -0.141. The summed E-state index contributed by atoms with van der Waals surface area (Å²) in [5.41, 5.74) is 3.82. The van der Waals surface area contributed by atoms with Gasteiger partial charge >= 0.3 is 6.18 Å². The fourth-order valence-corrected chi connectivity index (χ4v) is 5.14. The van der Waals surface area contributed by atoms with Crippen LogP contribution < -0.4 is 11.1 Å². The Labute approximate surface area is 187 Å². The Morgan fingerprint density at radius 3 is 2.53 bits per heavy atom. The smallest absolute Gasteiger partial charge is 0.367 e. The van der Waals surface area contributed by atoms with Crippen LogP contribution in [-0.2, 0) is 12.7 Å². The molecule has 1 aromatic rings. The predicted molar refractivity (Wildman–Crippen MR) is 117 cm³/mol. The lowest BCUT2D eigenvalue weighted by atomic mass is 9.78. The number of hydrogen-bond donors (Lipinski definition) is 2. The molecule has 2 saturated heterocycles. The van der Waals surface area contributed by atoms with Crippen LogP contribution in [0.15, 0.2) is 24.8 Å². The van der Waals surface area contributed by atoms with E-state index in [1.807, 2.05) is 4.90 Å². The van der Waals surface area contributed by atoms with Gasteiger partial charge in [-0.3, -0.25) is 4.90 Å². The van der Waals surface area contributed by atoms with Gasteiger partial charge in [0.05, 0.1) is 0 Å². The highest BCUT2D eigenvalue weighted by Crippen LogP contribution is 2.34. The Kier molecular flexibility index (Phi) is 6.79. The van der Waals surface area contributed by atoms with Gasteiger partial charge in [-0.15, -0.1) is 0 Å². The molecule has 0 radical (unpaired) electrons. The van der Waals surface area contributed by atoms with Gasteiger partial charge in [0.2, 0.25) is 0 Å². The van der Waals surface area contributed by atoms with Gasteiger partial charge in [0, 0.05) is 44.8 Å². The first-order valence-corrected chi connectivity index (χ1v) is 11.5. The van der Waals surface area contributed by atoms with Gasteiger partial charge in [-0.05, 0) is 62.3 Å². The van der Waals surface area contributed by atoms with Crippen LogP contribution in [0.25, 0.3) is 0 Å². The third-order valence-corrected chi connectivity index (χ3v) is 7.22. The molecule has 3 fully saturated rings. The van der Waals surface area contributed by atoms with Crippen LogP contribution in [0.4, 0.5) is 23.4 Å². The van der Waals surface area contributed by atoms with E-state index in [9.17, 15) is 17.6 Å². The Morgan fingerprint density at radius 1 is 1.22 bits per heavy atom. The number of nitrogens with one attached hydrogen (secondary N) is 1.